The van der Waals surface area contributed by atoms with E-state index in [1.54, 1.807) is 13.8 Å². The molecular formula is C68H88N4O11S2. The number of nitrogens with zero attached hydrogens (tertiary/aromatic N) is 4. The topological polar surface area (TPSA) is 163 Å². The van der Waals surface area contributed by atoms with Gasteiger partial charge in [0, 0.05) is 125 Å². The second-order valence-electron chi connectivity index (χ2n) is 24.1. The van der Waals surface area contributed by atoms with E-state index in [0.717, 1.165) is 102 Å². The van der Waals surface area contributed by atoms with Crippen LogP contribution in [0.15, 0.2) is 109 Å². The molecule has 4 aromatic carbocycles. The van der Waals surface area contributed by atoms with Gasteiger partial charge in [-0.1, -0.05) is 79.7 Å². The number of likely N-dealkylation sites (N-methyl/N-ethyl adjacent to an activating group) is 2. The molecule has 85 heavy (non-hydrogen) atoms. The van der Waals surface area contributed by atoms with Crippen LogP contribution in [-0.2, 0) is 63.9 Å². The third kappa shape index (κ3) is 16.3. The van der Waals surface area contributed by atoms with Gasteiger partial charge >= 0.3 is 11.9 Å². The van der Waals surface area contributed by atoms with Gasteiger partial charge in [0.25, 0.3) is 0 Å². The van der Waals surface area contributed by atoms with Gasteiger partial charge in [-0.2, -0.15) is 0 Å². The second kappa shape index (κ2) is 28.7. The fourth-order valence-electron chi connectivity index (χ4n) is 12.0. The third-order valence-electron chi connectivity index (χ3n) is 17.1. The maximum Gasteiger partial charge on any atom is 0.303 e. The Kier molecular flexibility index (Phi) is 21.7. The number of aliphatic hydroxyl groups excluding tert-OH is 3. The average molecular weight is 1200 g/mol. The van der Waals surface area contributed by atoms with Crippen molar-refractivity contribution >= 4 is 34.6 Å². The van der Waals surface area contributed by atoms with Gasteiger partial charge < -0.3 is 53.5 Å². The Morgan fingerprint density at radius 1 is 0.647 bits per heavy atom. The number of carbonyl (C=O) groups excluding carboxylic acids is 2. The summed E-state index contributed by atoms with van der Waals surface area (Å²) in [5.74, 6) is -1.76. The number of hydrogen-bond donors (Lipinski definition) is 3. The van der Waals surface area contributed by atoms with Gasteiger partial charge in [0.15, 0.2) is 18.2 Å². The van der Waals surface area contributed by atoms with Gasteiger partial charge in [0.1, 0.15) is 36.6 Å². The molecule has 0 radical (unpaired) electrons. The van der Waals surface area contributed by atoms with Crippen molar-refractivity contribution in [3.63, 3.8) is 0 Å². The van der Waals surface area contributed by atoms with Crippen LogP contribution in [-0.4, -0.2) is 169 Å². The Morgan fingerprint density at radius 2 is 1.15 bits per heavy atom. The van der Waals surface area contributed by atoms with Gasteiger partial charge in [-0.15, -0.1) is 22.7 Å². The van der Waals surface area contributed by atoms with Crippen molar-refractivity contribution in [2.75, 3.05) is 73.6 Å². The molecule has 2 unspecified atom stereocenters. The molecule has 11 rings (SSSR count). The predicted octanol–water partition coefficient (Wildman–Crippen LogP) is 9.96. The smallest absolute Gasteiger partial charge is 0.303 e. The third-order valence-corrected chi connectivity index (χ3v) is 19.4. The van der Waals surface area contributed by atoms with E-state index in [-0.39, 0.29) is 12.0 Å². The monoisotopic (exact) mass is 1200 g/mol. The van der Waals surface area contributed by atoms with Crippen LogP contribution in [0.2, 0.25) is 0 Å². The first-order valence-electron chi connectivity index (χ1n) is 29.9. The van der Waals surface area contributed by atoms with Gasteiger partial charge in [0.05, 0.1) is 6.10 Å². The summed E-state index contributed by atoms with van der Waals surface area (Å²) in [5.41, 5.74) is 11.5. The number of hydrogen-bond acceptors (Lipinski definition) is 17. The van der Waals surface area contributed by atoms with E-state index in [1.165, 1.54) is 72.3 Å². The highest BCUT2D eigenvalue weighted by atomic mass is 32.1. The number of rotatable bonds is 15. The zero-order valence-electron chi connectivity index (χ0n) is 51.4. The molecule has 7 heterocycles. The highest BCUT2D eigenvalue weighted by Gasteiger charge is 2.56. The molecule has 15 nitrogen and oxygen atoms in total. The molecule has 5 saturated heterocycles. The Labute approximate surface area is 511 Å². The first-order valence-corrected chi connectivity index (χ1v) is 31.5. The number of thiophene rings is 2. The number of piperazine rings is 2. The van der Waals surface area contributed by atoms with Crippen LogP contribution >= 0.6 is 22.7 Å². The minimum Gasteiger partial charge on any atom is -0.458 e. The summed E-state index contributed by atoms with van der Waals surface area (Å²) in [6.45, 7) is 25.4. The summed E-state index contributed by atoms with van der Waals surface area (Å²) in [7, 11) is 5.38. The largest absolute Gasteiger partial charge is 0.458 e. The van der Waals surface area contributed by atoms with E-state index in [1.807, 2.05) is 60.8 Å². The molecule has 0 amide bonds. The highest BCUT2D eigenvalue weighted by molar-refractivity contribution is 7.15. The zero-order chi connectivity index (χ0) is 60.7. The summed E-state index contributed by atoms with van der Waals surface area (Å²) >= 11 is 3.64. The van der Waals surface area contributed by atoms with E-state index in [4.69, 9.17) is 33.5 Å². The molecule has 0 bridgehead atoms. The summed E-state index contributed by atoms with van der Waals surface area (Å²) in [6, 6.07) is 39.0. The zero-order valence-corrected chi connectivity index (χ0v) is 53.0. The van der Waals surface area contributed by atoms with Gasteiger partial charge in [-0.3, -0.25) is 19.4 Å². The molecule has 5 aliphatic rings. The fourth-order valence-corrected chi connectivity index (χ4v) is 14.1. The Balaban J connectivity index is 0.000000198. The first-order chi connectivity index (χ1) is 40.7. The quantitative estimate of drug-likeness (QED) is 0.0832. The first kappa shape index (κ1) is 64.3. The van der Waals surface area contributed by atoms with Gasteiger partial charge in [-0.25, -0.2) is 0 Å². The lowest BCUT2D eigenvalue weighted by atomic mass is 9.85. The van der Waals surface area contributed by atoms with Crippen LogP contribution in [0.25, 0.3) is 20.9 Å². The summed E-state index contributed by atoms with van der Waals surface area (Å²) in [6.07, 6.45) is -4.54. The normalized spacial score (nSPS) is 25.7. The van der Waals surface area contributed by atoms with Crippen LogP contribution in [0.1, 0.15) is 108 Å². The number of benzene rings is 4. The highest BCUT2D eigenvalue weighted by Crippen LogP contribution is 2.43. The van der Waals surface area contributed by atoms with Crippen LogP contribution in [0.3, 0.4) is 0 Å². The van der Waals surface area contributed by atoms with Crippen molar-refractivity contribution in [3.05, 3.63) is 163 Å². The minimum absolute atomic E-state index is 0.126. The molecule has 10 atom stereocenters. The van der Waals surface area contributed by atoms with Crippen molar-refractivity contribution in [1.29, 1.82) is 0 Å². The van der Waals surface area contributed by atoms with Crippen LogP contribution in [0.4, 0.5) is 0 Å². The molecule has 6 aromatic rings. The predicted molar refractivity (Wildman–Crippen MR) is 334 cm³/mol. The van der Waals surface area contributed by atoms with Gasteiger partial charge in [0.2, 0.25) is 0 Å². The van der Waals surface area contributed by atoms with Crippen molar-refractivity contribution in [1.82, 2.24) is 19.6 Å². The number of esters is 2. The molecule has 0 saturated carbocycles. The SMILES string of the molecule is CC(=O)O[C@H]1[C@H](C)[C@@H](C)OC(c2ccc(C)c(Cc3ccc(-c4cccc(CN5CCN(C)CC5)c4)s3)c2)[C@@H]1OC(C)=O.CO.Cc1ccc(C(O)[C@@H]2O[C@H]3OC(C)(C)O[C@H]3[C@@H]2O)cc1Cc1ccc(-c2cccc(CN3CCN(C)CC3)c2)s1. The van der Waals surface area contributed by atoms with Crippen molar-refractivity contribution in [3.8, 4) is 20.9 Å². The van der Waals surface area contributed by atoms with E-state index in [2.05, 4.69) is 132 Å². The lowest BCUT2D eigenvalue weighted by Crippen LogP contribution is -2.52. The standard InChI is InChI=1S/C35H44N2O5S.C32H40N2O5S.CH4O/c1-22-10-11-29(34-35(42-26(5)39)33(41-25(4)38)23(2)24(3)40-34)19-30(22)20-31-12-13-32(43-31)28-9-7-8-27(18-28)21-37-16-14-36(6)15-17-37;1-20-8-9-23(27(35)29-28(36)30-31(37-29)39-32(2,3)38-30)17-24(20)18-25-10-11-26(40-25)22-7-5-6-21(16-22)19-34-14-12-33(4)13-15-34;1-2/h7-13,18-19,23-24,33-35H,14-17,20-21H2,1-6H3;5-11,16-17,27-31,35-36H,12-15,18-19H2,1-4H3;2H,1H3/t23-,24-,33+,34?,35-;27?,28-,29+,30+,31+;/m11./s1. The molecule has 17 heteroatoms. The summed E-state index contributed by atoms with van der Waals surface area (Å²) < 4.78 is 35.3. The molecule has 5 fully saturated rings. The summed E-state index contributed by atoms with van der Waals surface area (Å²) in [4.78, 5) is 39.0. The number of carbonyl (C=O) groups is 2. The Hall–Kier alpha value is -5.22. The maximum atomic E-state index is 12.1. The van der Waals surface area contributed by atoms with Crippen molar-refractivity contribution in [2.45, 2.75) is 142 Å². The molecule has 0 spiro atoms. The molecule has 2 aromatic heterocycles. The van der Waals surface area contributed by atoms with Crippen LogP contribution < -0.4 is 0 Å². The molecular weight excluding hydrogens is 1110 g/mol. The van der Waals surface area contributed by atoms with E-state index >= 15 is 0 Å². The maximum absolute atomic E-state index is 12.1. The van der Waals surface area contributed by atoms with Crippen molar-refractivity contribution < 1.29 is 53.3 Å². The lowest BCUT2D eigenvalue weighted by molar-refractivity contribution is -0.226. The molecule has 0 aliphatic carbocycles. The average Bonchev–Trinajstić information content (AvgIpc) is 2.04. The van der Waals surface area contributed by atoms with E-state index < -0.39 is 66.7 Å². The number of aliphatic hydroxyl groups is 3. The number of fused-ring (bicyclic) bond motifs is 1. The summed E-state index contributed by atoms with van der Waals surface area (Å²) in [5, 5.41) is 29.0. The minimum atomic E-state index is -0.989. The molecule has 5 aliphatic heterocycles. The molecule has 3 N–H and O–H groups in total. The van der Waals surface area contributed by atoms with Crippen molar-refractivity contribution in [2.24, 2.45) is 5.92 Å². The molecule has 458 valence electrons. The van der Waals surface area contributed by atoms with E-state index in [9.17, 15) is 19.8 Å². The Bertz CT molecular complexity index is 3190. The van der Waals surface area contributed by atoms with E-state index in [0.29, 0.717) is 0 Å². The fraction of sp³-hybridized carbons (Fsp3) is 0.500. The van der Waals surface area contributed by atoms with Gasteiger partial charge in [-0.05, 0) is 141 Å². The number of ether oxygens (including phenoxy) is 6. The lowest BCUT2D eigenvalue weighted by Gasteiger charge is -2.43. The van der Waals surface area contributed by atoms with Crippen LogP contribution in [0.5, 0.6) is 0 Å². The second-order valence-corrected chi connectivity index (χ2v) is 26.4. The van der Waals surface area contributed by atoms with Crippen LogP contribution in [0, 0.1) is 19.8 Å². The number of aryl methyl sites for hydroxylation is 2. The Morgan fingerprint density at radius 3 is 1.67 bits per heavy atom.